The molecule has 23 heavy (non-hydrogen) atoms. The molecule has 0 atom stereocenters. The Morgan fingerprint density at radius 1 is 1.22 bits per heavy atom. The topological polar surface area (TPSA) is 47.1 Å². The van der Waals surface area contributed by atoms with Crippen LogP contribution >= 0.6 is 11.6 Å². The summed E-state index contributed by atoms with van der Waals surface area (Å²) in [4.78, 5) is 6.68. The van der Waals surface area contributed by atoms with E-state index in [0.29, 0.717) is 11.1 Å². The molecule has 2 aromatic heterocycles. The van der Waals surface area contributed by atoms with Gasteiger partial charge >= 0.3 is 0 Å². The summed E-state index contributed by atoms with van der Waals surface area (Å²) in [5.74, 6) is 1.52. The Bertz CT molecular complexity index is 802. The van der Waals surface area contributed by atoms with Crippen LogP contribution in [0.5, 0.6) is 0 Å². The standard InChI is InChI=1S/C17H17ClN4O/c1-12-6-20-22(8-12)15-9-21(10-15)11-17-19-7-16(23-17)13-2-4-14(18)5-3-13/h2-8,15H,9-11H2,1H3. The van der Waals surface area contributed by atoms with E-state index in [1.54, 1.807) is 6.20 Å². The lowest BCUT2D eigenvalue weighted by molar-refractivity contribution is 0.0817. The highest BCUT2D eigenvalue weighted by atomic mass is 35.5. The largest absolute Gasteiger partial charge is 0.439 e. The number of rotatable bonds is 4. The van der Waals surface area contributed by atoms with Crippen LogP contribution in [0.2, 0.25) is 5.02 Å². The second-order valence-corrected chi connectivity index (χ2v) is 6.41. The SMILES string of the molecule is Cc1cnn(C2CN(Cc3ncc(-c4ccc(Cl)cc4)o3)C2)c1. The third kappa shape index (κ3) is 3.02. The zero-order valence-electron chi connectivity index (χ0n) is 12.8. The third-order valence-electron chi connectivity index (χ3n) is 4.08. The average molecular weight is 329 g/mol. The Balaban J connectivity index is 1.37. The molecule has 0 bridgehead atoms. The smallest absolute Gasteiger partial charge is 0.209 e. The fourth-order valence-electron chi connectivity index (χ4n) is 2.79. The molecule has 0 aliphatic carbocycles. The lowest BCUT2D eigenvalue weighted by atomic mass is 10.1. The molecule has 0 unspecified atom stereocenters. The van der Waals surface area contributed by atoms with E-state index < -0.39 is 0 Å². The van der Waals surface area contributed by atoms with Crippen molar-refractivity contribution >= 4 is 11.6 Å². The van der Waals surface area contributed by atoms with Crippen LogP contribution in [0.3, 0.4) is 0 Å². The summed E-state index contributed by atoms with van der Waals surface area (Å²) < 4.78 is 7.88. The van der Waals surface area contributed by atoms with Crippen LogP contribution in [-0.2, 0) is 6.54 Å². The van der Waals surface area contributed by atoms with Crippen molar-refractivity contribution in [3.8, 4) is 11.3 Å². The van der Waals surface area contributed by atoms with Gasteiger partial charge in [0.2, 0.25) is 5.89 Å². The first-order chi connectivity index (χ1) is 11.2. The molecule has 0 amide bonds. The lowest BCUT2D eigenvalue weighted by Gasteiger charge is -2.38. The predicted molar refractivity (Wildman–Crippen MR) is 88.2 cm³/mol. The minimum Gasteiger partial charge on any atom is -0.439 e. The molecular formula is C17H17ClN4O. The molecule has 1 saturated heterocycles. The predicted octanol–water partition coefficient (Wildman–Crippen LogP) is 3.56. The second-order valence-electron chi connectivity index (χ2n) is 5.97. The highest BCUT2D eigenvalue weighted by Gasteiger charge is 2.29. The molecule has 0 radical (unpaired) electrons. The maximum atomic E-state index is 5.91. The van der Waals surface area contributed by atoms with Gasteiger partial charge in [0.15, 0.2) is 5.76 Å². The van der Waals surface area contributed by atoms with Crippen molar-refractivity contribution in [3.63, 3.8) is 0 Å². The molecule has 1 aliphatic rings. The Hall–Kier alpha value is -2.11. The van der Waals surface area contributed by atoms with Crippen molar-refractivity contribution in [2.24, 2.45) is 0 Å². The van der Waals surface area contributed by atoms with Crippen LogP contribution in [0.15, 0.2) is 47.3 Å². The van der Waals surface area contributed by atoms with Crippen molar-refractivity contribution in [1.82, 2.24) is 19.7 Å². The number of hydrogen-bond acceptors (Lipinski definition) is 4. The van der Waals surface area contributed by atoms with Crippen LogP contribution < -0.4 is 0 Å². The number of halogens is 1. The van der Waals surface area contributed by atoms with Crippen LogP contribution in [-0.4, -0.2) is 32.8 Å². The van der Waals surface area contributed by atoms with E-state index in [2.05, 4.69) is 28.1 Å². The Morgan fingerprint density at radius 3 is 2.70 bits per heavy atom. The number of hydrogen-bond donors (Lipinski definition) is 0. The zero-order valence-corrected chi connectivity index (χ0v) is 13.6. The Kier molecular flexibility index (Phi) is 3.67. The molecule has 118 valence electrons. The third-order valence-corrected chi connectivity index (χ3v) is 4.34. The van der Waals surface area contributed by atoms with E-state index >= 15 is 0 Å². The minimum atomic E-state index is 0.453. The maximum Gasteiger partial charge on any atom is 0.209 e. The first kappa shape index (κ1) is 14.5. The van der Waals surface area contributed by atoms with Gasteiger partial charge in [0, 0.05) is 29.9 Å². The van der Waals surface area contributed by atoms with Crippen LogP contribution in [0.25, 0.3) is 11.3 Å². The van der Waals surface area contributed by atoms with Gasteiger partial charge in [0.05, 0.1) is 25.0 Å². The van der Waals surface area contributed by atoms with Crippen molar-refractivity contribution in [3.05, 3.63) is 59.3 Å². The van der Waals surface area contributed by atoms with Gasteiger partial charge in [-0.25, -0.2) is 4.98 Å². The van der Waals surface area contributed by atoms with Crippen LogP contribution in [0.1, 0.15) is 17.5 Å². The second kappa shape index (κ2) is 5.83. The molecule has 1 fully saturated rings. The molecule has 0 N–H and O–H groups in total. The number of likely N-dealkylation sites (tertiary alicyclic amines) is 1. The molecule has 6 heteroatoms. The summed E-state index contributed by atoms with van der Waals surface area (Å²) in [7, 11) is 0. The molecule has 1 aromatic carbocycles. The van der Waals surface area contributed by atoms with Gasteiger partial charge in [0.25, 0.3) is 0 Å². The molecule has 3 aromatic rings. The van der Waals surface area contributed by atoms with Crippen molar-refractivity contribution in [1.29, 1.82) is 0 Å². The van der Waals surface area contributed by atoms with E-state index in [9.17, 15) is 0 Å². The van der Waals surface area contributed by atoms with Crippen LogP contribution in [0.4, 0.5) is 0 Å². The van der Waals surface area contributed by atoms with E-state index in [4.69, 9.17) is 16.0 Å². The fraction of sp³-hybridized carbons (Fsp3) is 0.294. The fourth-order valence-corrected chi connectivity index (χ4v) is 2.92. The molecule has 0 saturated carbocycles. The van der Waals surface area contributed by atoms with Crippen molar-refractivity contribution in [2.45, 2.75) is 19.5 Å². The molecule has 5 nitrogen and oxygen atoms in total. The monoisotopic (exact) mass is 328 g/mol. The first-order valence-corrected chi connectivity index (χ1v) is 7.99. The van der Waals surface area contributed by atoms with Gasteiger partial charge in [-0.2, -0.15) is 5.10 Å². The van der Waals surface area contributed by atoms with Gasteiger partial charge in [-0.3, -0.25) is 9.58 Å². The molecule has 3 heterocycles. The number of benzene rings is 1. The van der Waals surface area contributed by atoms with Gasteiger partial charge in [-0.15, -0.1) is 0 Å². The quantitative estimate of drug-likeness (QED) is 0.734. The van der Waals surface area contributed by atoms with Gasteiger partial charge < -0.3 is 4.42 Å². The van der Waals surface area contributed by atoms with Crippen molar-refractivity contribution in [2.75, 3.05) is 13.1 Å². The highest BCUT2D eigenvalue weighted by molar-refractivity contribution is 6.30. The van der Waals surface area contributed by atoms with E-state index in [0.717, 1.165) is 36.8 Å². The summed E-state index contributed by atoms with van der Waals surface area (Å²) in [6.07, 6.45) is 5.76. The zero-order chi connectivity index (χ0) is 15.8. The van der Waals surface area contributed by atoms with Crippen molar-refractivity contribution < 1.29 is 4.42 Å². The van der Waals surface area contributed by atoms with Gasteiger partial charge in [-0.1, -0.05) is 11.6 Å². The molecule has 0 spiro atoms. The number of oxazole rings is 1. The van der Waals surface area contributed by atoms with Gasteiger partial charge in [-0.05, 0) is 36.8 Å². The van der Waals surface area contributed by atoms with E-state index in [-0.39, 0.29) is 0 Å². The molecule has 4 rings (SSSR count). The normalized spacial score (nSPS) is 15.7. The Morgan fingerprint density at radius 2 is 2.00 bits per heavy atom. The van der Waals surface area contributed by atoms with E-state index in [1.807, 2.05) is 35.1 Å². The summed E-state index contributed by atoms with van der Waals surface area (Å²) in [6.45, 7) is 4.73. The lowest BCUT2D eigenvalue weighted by Crippen LogP contribution is -2.47. The molecule has 1 aliphatic heterocycles. The average Bonchev–Trinajstić information content (AvgIpc) is 3.12. The number of nitrogens with zero attached hydrogens (tertiary/aromatic N) is 4. The summed E-state index contributed by atoms with van der Waals surface area (Å²) in [5.41, 5.74) is 2.19. The molecular weight excluding hydrogens is 312 g/mol. The summed E-state index contributed by atoms with van der Waals surface area (Å²) >= 11 is 5.91. The summed E-state index contributed by atoms with van der Waals surface area (Å²) in [5, 5.41) is 5.09. The van der Waals surface area contributed by atoms with Crippen LogP contribution in [0, 0.1) is 6.92 Å². The van der Waals surface area contributed by atoms with Gasteiger partial charge in [0.1, 0.15) is 0 Å². The summed E-state index contributed by atoms with van der Waals surface area (Å²) in [6, 6.07) is 8.03. The number of aryl methyl sites for hydroxylation is 1. The Labute approximate surface area is 139 Å². The maximum absolute atomic E-state index is 5.91. The first-order valence-electron chi connectivity index (χ1n) is 7.61. The minimum absolute atomic E-state index is 0.453. The number of aromatic nitrogens is 3. The highest BCUT2D eigenvalue weighted by Crippen LogP contribution is 2.26. The van der Waals surface area contributed by atoms with E-state index in [1.165, 1.54) is 5.56 Å².